The van der Waals surface area contributed by atoms with Crippen LogP contribution in [0.4, 0.5) is 5.69 Å². The molecule has 6 heteroatoms. The molecule has 1 aromatic rings. The number of non-ortho nitro benzene ring substituents is 1. The standard InChI is InChI=1S/C13H21N3O3/c1-4-14-10-11-9-12(16(17)18)5-6-13(11)19-8-7-15(2)3/h5-6,9,14H,4,7-8,10H2,1-3H3. The molecule has 1 aromatic carbocycles. The minimum atomic E-state index is -0.390. The van der Waals surface area contributed by atoms with Crippen molar-refractivity contribution in [1.29, 1.82) is 0 Å². The second-order valence-corrected chi connectivity index (χ2v) is 4.48. The third-order valence-corrected chi connectivity index (χ3v) is 2.62. The van der Waals surface area contributed by atoms with Crippen LogP contribution in [0.2, 0.25) is 0 Å². The first kappa shape index (κ1) is 15.4. The lowest BCUT2D eigenvalue weighted by Gasteiger charge is -2.14. The minimum absolute atomic E-state index is 0.0906. The molecule has 0 aromatic heterocycles. The maximum atomic E-state index is 10.8. The fourth-order valence-corrected chi connectivity index (χ4v) is 1.56. The van der Waals surface area contributed by atoms with Crippen LogP contribution in [0.5, 0.6) is 5.75 Å². The number of benzene rings is 1. The van der Waals surface area contributed by atoms with Gasteiger partial charge in [-0.05, 0) is 26.7 Å². The number of nitro groups is 1. The van der Waals surface area contributed by atoms with Gasteiger partial charge < -0.3 is 15.0 Å². The van der Waals surface area contributed by atoms with Crippen LogP contribution in [0.25, 0.3) is 0 Å². The fraction of sp³-hybridized carbons (Fsp3) is 0.538. The lowest BCUT2D eigenvalue weighted by molar-refractivity contribution is -0.384. The Bertz CT molecular complexity index is 422. The van der Waals surface area contributed by atoms with Crippen molar-refractivity contribution in [3.8, 4) is 5.75 Å². The zero-order chi connectivity index (χ0) is 14.3. The summed E-state index contributed by atoms with van der Waals surface area (Å²) in [5.74, 6) is 0.702. The van der Waals surface area contributed by atoms with Gasteiger partial charge in [0.1, 0.15) is 12.4 Å². The van der Waals surface area contributed by atoms with Crippen LogP contribution in [0.15, 0.2) is 18.2 Å². The number of nitro benzene ring substituents is 1. The Hall–Kier alpha value is -1.66. The van der Waals surface area contributed by atoms with E-state index in [1.165, 1.54) is 6.07 Å². The number of hydrogen-bond donors (Lipinski definition) is 1. The van der Waals surface area contributed by atoms with Crippen molar-refractivity contribution in [3.63, 3.8) is 0 Å². The van der Waals surface area contributed by atoms with Crippen LogP contribution in [0.3, 0.4) is 0 Å². The quantitative estimate of drug-likeness (QED) is 0.573. The minimum Gasteiger partial charge on any atom is -0.492 e. The summed E-state index contributed by atoms with van der Waals surface area (Å²) in [5, 5.41) is 13.9. The first-order valence-electron chi connectivity index (χ1n) is 6.30. The molecular weight excluding hydrogens is 246 g/mol. The third kappa shape index (κ3) is 5.23. The van der Waals surface area contributed by atoms with Gasteiger partial charge >= 0.3 is 0 Å². The molecule has 0 aliphatic carbocycles. The summed E-state index contributed by atoms with van der Waals surface area (Å²) in [6, 6.07) is 4.70. The summed E-state index contributed by atoms with van der Waals surface area (Å²) in [6.45, 7) is 4.72. The summed E-state index contributed by atoms with van der Waals surface area (Å²) < 4.78 is 5.68. The molecule has 0 aliphatic rings. The Labute approximate surface area is 113 Å². The summed E-state index contributed by atoms with van der Waals surface area (Å²) in [6.07, 6.45) is 0. The summed E-state index contributed by atoms with van der Waals surface area (Å²) in [5.41, 5.74) is 0.905. The van der Waals surface area contributed by atoms with Crippen LogP contribution in [0, 0.1) is 10.1 Å². The highest BCUT2D eigenvalue weighted by Crippen LogP contribution is 2.24. The van der Waals surface area contributed by atoms with E-state index in [0.717, 1.165) is 18.7 Å². The van der Waals surface area contributed by atoms with Crippen molar-refractivity contribution in [3.05, 3.63) is 33.9 Å². The first-order chi connectivity index (χ1) is 9.04. The van der Waals surface area contributed by atoms with E-state index in [9.17, 15) is 10.1 Å². The number of likely N-dealkylation sites (N-methyl/N-ethyl adjacent to an activating group) is 1. The molecular formula is C13H21N3O3. The molecule has 6 nitrogen and oxygen atoms in total. The number of hydrogen-bond acceptors (Lipinski definition) is 5. The summed E-state index contributed by atoms with van der Waals surface area (Å²) in [4.78, 5) is 12.4. The van der Waals surface area contributed by atoms with E-state index in [1.54, 1.807) is 12.1 Å². The molecule has 0 fully saturated rings. The maximum Gasteiger partial charge on any atom is 0.270 e. The number of nitrogens with one attached hydrogen (secondary N) is 1. The van der Waals surface area contributed by atoms with Crippen molar-refractivity contribution < 1.29 is 9.66 Å². The second-order valence-electron chi connectivity index (χ2n) is 4.48. The number of nitrogens with zero attached hydrogens (tertiary/aromatic N) is 2. The molecule has 0 aliphatic heterocycles. The Morgan fingerprint density at radius 3 is 2.74 bits per heavy atom. The Morgan fingerprint density at radius 2 is 2.16 bits per heavy atom. The van der Waals surface area contributed by atoms with Gasteiger partial charge in [0.05, 0.1) is 4.92 Å². The smallest absolute Gasteiger partial charge is 0.270 e. The molecule has 106 valence electrons. The van der Waals surface area contributed by atoms with Crippen molar-refractivity contribution in [2.24, 2.45) is 0 Å². The van der Waals surface area contributed by atoms with Crippen molar-refractivity contribution in [2.75, 3.05) is 33.8 Å². The predicted octanol–water partition coefficient (Wildman–Crippen LogP) is 1.64. The summed E-state index contributed by atoms with van der Waals surface area (Å²) >= 11 is 0. The van der Waals surface area contributed by atoms with Crippen LogP contribution in [0.1, 0.15) is 12.5 Å². The molecule has 0 atom stereocenters. The molecule has 1 N–H and O–H groups in total. The van der Waals surface area contributed by atoms with E-state index >= 15 is 0 Å². The monoisotopic (exact) mass is 267 g/mol. The first-order valence-corrected chi connectivity index (χ1v) is 6.30. The van der Waals surface area contributed by atoms with Gasteiger partial charge in [0, 0.05) is 30.8 Å². The highest BCUT2D eigenvalue weighted by molar-refractivity contribution is 5.43. The molecule has 1 rings (SSSR count). The Morgan fingerprint density at radius 1 is 1.42 bits per heavy atom. The molecule has 0 spiro atoms. The van der Waals surface area contributed by atoms with E-state index in [1.807, 2.05) is 25.9 Å². The van der Waals surface area contributed by atoms with Gasteiger partial charge in [0.15, 0.2) is 0 Å². The zero-order valence-corrected chi connectivity index (χ0v) is 11.7. The summed E-state index contributed by atoms with van der Waals surface area (Å²) in [7, 11) is 3.94. The molecule has 0 saturated carbocycles. The molecule has 0 unspecified atom stereocenters. The Balaban J connectivity index is 2.79. The van der Waals surface area contributed by atoms with E-state index in [-0.39, 0.29) is 10.6 Å². The van der Waals surface area contributed by atoms with Crippen molar-refractivity contribution in [2.45, 2.75) is 13.5 Å². The van der Waals surface area contributed by atoms with Gasteiger partial charge in [-0.15, -0.1) is 0 Å². The van der Waals surface area contributed by atoms with Gasteiger partial charge in [0.25, 0.3) is 5.69 Å². The third-order valence-electron chi connectivity index (χ3n) is 2.62. The SMILES string of the molecule is CCNCc1cc([N+](=O)[O-])ccc1OCCN(C)C. The van der Waals surface area contributed by atoms with Gasteiger partial charge in [0.2, 0.25) is 0 Å². The predicted molar refractivity (Wildman–Crippen MR) is 74.5 cm³/mol. The van der Waals surface area contributed by atoms with Gasteiger partial charge in [-0.3, -0.25) is 10.1 Å². The lowest BCUT2D eigenvalue weighted by Crippen LogP contribution is -2.20. The molecule has 0 bridgehead atoms. The van der Waals surface area contributed by atoms with E-state index in [0.29, 0.717) is 18.9 Å². The normalized spacial score (nSPS) is 10.7. The average Bonchev–Trinajstić information content (AvgIpc) is 2.36. The van der Waals surface area contributed by atoms with Crippen molar-refractivity contribution in [1.82, 2.24) is 10.2 Å². The fourth-order valence-electron chi connectivity index (χ4n) is 1.56. The zero-order valence-electron chi connectivity index (χ0n) is 11.7. The van der Waals surface area contributed by atoms with Crippen LogP contribution in [-0.2, 0) is 6.54 Å². The highest BCUT2D eigenvalue weighted by Gasteiger charge is 2.11. The van der Waals surface area contributed by atoms with E-state index < -0.39 is 0 Å². The highest BCUT2D eigenvalue weighted by atomic mass is 16.6. The second kappa shape index (κ2) is 7.70. The molecule has 0 saturated heterocycles. The number of rotatable bonds is 8. The average molecular weight is 267 g/mol. The largest absolute Gasteiger partial charge is 0.492 e. The van der Waals surface area contributed by atoms with E-state index in [4.69, 9.17) is 4.74 Å². The molecule has 0 heterocycles. The van der Waals surface area contributed by atoms with Crippen LogP contribution in [-0.4, -0.2) is 43.6 Å². The van der Waals surface area contributed by atoms with Gasteiger partial charge in [-0.2, -0.15) is 0 Å². The van der Waals surface area contributed by atoms with Gasteiger partial charge in [-0.25, -0.2) is 0 Å². The van der Waals surface area contributed by atoms with Gasteiger partial charge in [-0.1, -0.05) is 6.92 Å². The maximum absolute atomic E-state index is 10.8. The van der Waals surface area contributed by atoms with E-state index in [2.05, 4.69) is 5.32 Å². The van der Waals surface area contributed by atoms with Crippen LogP contribution < -0.4 is 10.1 Å². The van der Waals surface area contributed by atoms with Crippen molar-refractivity contribution >= 4 is 5.69 Å². The Kier molecular flexibility index (Phi) is 6.24. The topological polar surface area (TPSA) is 67.6 Å². The molecule has 19 heavy (non-hydrogen) atoms. The molecule has 0 radical (unpaired) electrons. The van der Waals surface area contributed by atoms with Crippen LogP contribution >= 0.6 is 0 Å². The number of ether oxygens (including phenoxy) is 1. The lowest BCUT2D eigenvalue weighted by atomic mass is 10.1. The molecule has 0 amide bonds.